The molecule has 0 spiro atoms. The van der Waals surface area contributed by atoms with Crippen molar-refractivity contribution in [2.45, 2.75) is 25.8 Å². The molecule has 2 aromatic rings. The van der Waals surface area contributed by atoms with E-state index in [4.69, 9.17) is 9.47 Å². The highest BCUT2D eigenvalue weighted by Crippen LogP contribution is 2.28. The molecule has 0 saturated heterocycles. The summed E-state index contributed by atoms with van der Waals surface area (Å²) >= 11 is 0. The third kappa shape index (κ3) is 6.46. The van der Waals surface area contributed by atoms with Crippen LogP contribution in [0.3, 0.4) is 0 Å². The van der Waals surface area contributed by atoms with Crippen LogP contribution in [0.25, 0.3) is 6.08 Å². The largest absolute Gasteiger partial charge is 0.493 e. The Morgan fingerprint density at radius 2 is 1.89 bits per heavy atom. The summed E-state index contributed by atoms with van der Waals surface area (Å²) in [5.74, 6) is -0.346. The van der Waals surface area contributed by atoms with E-state index in [0.717, 1.165) is 17.5 Å². The van der Waals surface area contributed by atoms with E-state index >= 15 is 0 Å². The first kappa shape index (κ1) is 21.0. The van der Waals surface area contributed by atoms with Crippen molar-refractivity contribution >= 4 is 18.0 Å². The Hall–Kier alpha value is -3.28. The van der Waals surface area contributed by atoms with E-state index < -0.39 is 17.9 Å². The summed E-state index contributed by atoms with van der Waals surface area (Å²) in [5.41, 5.74) is 1.58. The second-order valence-electron chi connectivity index (χ2n) is 6.18. The zero-order valence-electron chi connectivity index (χ0n) is 16.1. The molecule has 0 heterocycles. The highest BCUT2D eigenvalue weighted by molar-refractivity contribution is 5.94. The molecule has 148 valence electrons. The molecule has 6 heteroatoms. The van der Waals surface area contributed by atoms with Crippen molar-refractivity contribution in [2.24, 2.45) is 0 Å². The Bertz CT molecular complexity index is 817. The maximum atomic E-state index is 12.2. The number of amides is 1. The lowest BCUT2D eigenvalue weighted by Crippen LogP contribution is -2.41. The van der Waals surface area contributed by atoms with Gasteiger partial charge in [-0.2, -0.15) is 0 Å². The van der Waals surface area contributed by atoms with Crippen LogP contribution in [0.1, 0.15) is 24.5 Å². The lowest BCUT2D eigenvalue weighted by molar-refractivity contribution is -0.141. The molecule has 2 N–H and O–H groups in total. The molecule has 0 unspecified atom stereocenters. The molecule has 28 heavy (non-hydrogen) atoms. The lowest BCUT2D eigenvalue weighted by Gasteiger charge is -2.13. The molecule has 0 saturated carbocycles. The van der Waals surface area contributed by atoms with E-state index in [1.54, 1.807) is 31.4 Å². The standard InChI is InChI=1S/C22H25NO5/c1-3-13-28-19-11-9-17(15-20(19)27-2)10-12-21(24)23-18(22(25)26)14-16-7-5-4-6-8-16/h4-12,15,18H,3,13-14H2,1-2H3,(H,23,24)(H,25,26)/b12-10+/t18-/m1/s1. The zero-order valence-corrected chi connectivity index (χ0v) is 16.1. The SMILES string of the molecule is CCCOc1ccc(/C=C/C(=O)N[C@H](Cc2ccccc2)C(=O)O)cc1OC. The van der Waals surface area contributed by atoms with Crippen molar-refractivity contribution in [3.63, 3.8) is 0 Å². The smallest absolute Gasteiger partial charge is 0.326 e. The minimum Gasteiger partial charge on any atom is -0.493 e. The topological polar surface area (TPSA) is 84.9 Å². The van der Waals surface area contributed by atoms with Crippen LogP contribution in [0, 0.1) is 0 Å². The zero-order chi connectivity index (χ0) is 20.4. The predicted molar refractivity (Wildman–Crippen MR) is 108 cm³/mol. The quantitative estimate of drug-likeness (QED) is 0.615. The average molecular weight is 383 g/mol. The Morgan fingerprint density at radius 1 is 1.14 bits per heavy atom. The number of aliphatic carboxylic acids is 1. The van der Waals surface area contributed by atoms with Gasteiger partial charge in [0.15, 0.2) is 11.5 Å². The van der Waals surface area contributed by atoms with Gasteiger partial charge >= 0.3 is 5.97 Å². The van der Waals surface area contributed by atoms with Gasteiger partial charge in [0.2, 0.25) is 5.91 Å². The van der Waals surface area contributed by atoms with Crippen LogP contribution in [0.5, 0.6) is 11.5 Å². The molecular formula is C22H25NO5. The predicted octanol–water partition coefficient (Wildman–Crippen LogP) is 3.31. The minimum atomic E-state index is -1.08. The second kappa shape index (κ2) is 10.8. The van der Waals surface area contributed by atoms with Gasteiger partial charge in [-0.05, 0) is 35.8 Å². The first-order valence-electron chi connectivity index (χ1n) is 9.09. The fraction of sp³-hybridized carbons (Fsp3) is 0.273. The van der Waals surface area contributed by atoms with Crippen LogP contribution in [-0.4, -0.2) is 36.7 Å². The van der Waals surface area contributed by atoms with E-state index in [1.807, 2.05) is 37.3 Å². The monoisotopic (exact) mass is 383 g/mol. The third-order valence-corrected chi connectivity index (χ3v) is 3.97. The molecular weight excluding hydrogens is 358 g/mol. The van der Waals surface area contributed by atoms with Gasteiger partial charge in [0, 0.05) is 12.5 Å². The van der Waals surface area contributed by atoms with Crippen molar-refractivity contribution < 1.29 is 24.2 Å². The second-order valence-corrected chi connectivity index (χ2v) is 6.18. The molecule has 0 fully saturated rings. The summed E-state index contributed by atoms with van der Waals surface area (Å²) in [6.07, 6.45) is 4.01. The van der Waals surface area contributed by atoms with Gasteiger partial charge in [0.1, 0.15) is 6.04 Å². The lowest BCUT2D eigenvalue weighted by atomic mass is 10.1. The maximum absolute atomic E-state index is 12.2. The summed E-state index contributed by atoms with van der Waals surface area (Å²) in [5, 5.41) is 11.9. The van der Waals surface area contributed by atoms with Gasteiger partial charge in [-0.1, -0.05) is 43.3 Å². The molecule has 1 atom stereocenters. The Morgan fingerprint density at radius 3 is 2.54 bits per heavy atom. The number of nitrogens with one attached hydrogen (secondary N) is 1. The van der Waals surface area contributed by atoms with Gasteiger partial charge in [-0.25, -0.2) is 4.79 Å². The van der Waals surface area contributed by atoms with Gasteiger partial charge in [0.25, 0.3) is 0 Å². The van der Waals surface area contributed by atoms with Crippen LogP contribution < -0.4 is 14.8 Å². The Balaban J connectivity index is 2.02. The Labute approximate surface area is 164 Å². The fourth-order valence-corrected chi connectivity index (χ4v) is 2.56. The number of rotatable bonds is 10. The summed E-state index contributed by atoms with van der Waals surface area (Å²) in [7, 11) is 1.55. The van der Waals surface area contributed by atoms with Gasteiger partial charge in [0.05, 0.1) is 13.7 Å². The maximum Gasteiger partial charge on any atom is 0.326 e. The Kier molecular flexibility index (Phi) is 8.09. The minimum absolute atomic E-state index is 0.215. The molecule has 2 aromatic carbocycles. The molecule has 2 rings (SSSR count). The molecule has 0 radical (unpaired) electrons. The van der Waals surface area contributed by atoms with Crippen LogP contribution in [0.4, 0.5) is 0 Å². The molecule has 0 aliphatic rings. The van der Waals surface area contributed by atoms with E-state index in [-0.39, 0.29) is 6.42 Å². The van der Waals surface area contributed by atoms with Crippen LogP contribution in [0.2, 0.25) is 0 Å². The molecule has 6 nitrogen and oxygen atoms in total. The van der Waals surface area contributed by atoms with E-state index in [2.05, 4.69) is 5.32 Å². The van der Waals surface area contributed by atoms with Crippen LogP contribution in [0.15, 0.2) is 54.6 Å². The molecule has 0 aliphatic heterocycles. The first-order chi connectivity index (χ1) is 13.5. The average Bonchev–Trinajstić information content (AvgIpc) is 2.71. The summed E-state index contributed by atoms with van der Waals surface area (Å²) in [6, 6.07) is 13.5. The van der Waals surface area contributed by atoms with Crippen molar-refractivity contribution in [1.29, 1.82) is 0 Å². The number of carbonyl (C=O) groups is 2. The number of ether oxygens (including phenoxy) is 2. The highest BCUT2D eigenvalue weighted by Gasteiger charge is 2.19. The molecule has 0 bridgehead atoms. The van der Waals surface area contributed by atoms with Crippen molar-refractivity contribution in [3.05, 3.63) is 65.7 Å². The van der Waals surface area contributed by atoms with Crippen molar-refractivity contribution in [3.8, 4) is 11.5 Å². The summed E-state index contributed by atoms with van der Waals surface area (Å²) in [4.78, 5) is 23.6. The number of carboxylic acids is 1. The summed E-state index contributed by atoms with van der Waals surface area (Å²) < 4.78 is 10.9. The van der Waals surface area contributed by atoms with Gasteiger partial charge in [-0.15, -0.1) is 0 Å². The van der Waals surface area contributed by atoms with E-state index in [1.165, 1.54) is 6.08 Å². The molecule has 0 aliphatic carbocycles. The van der Waals surface area contributed by atoms with E-state index in [9.17, 15) is 14.7 Å². The van der Waals surface area contributed by atoms with Crippen molar-refractivity contribution in [2.75, 3.05) is 13.7 Å². The van der Waals surface area contributed by atoms with Crippen molar-refractivity contribution in [1.82, 2.24) is 5.32 Å². The van der Waals surface area contributed by atoms with Crippen LogP contribution >= 0.6 is 0 Å². The number of hydrogen-bond acceptors (Lipinski definition) is 4. The first-order valence-corrected chi connectivity index (χ1v) is 9.09. The fourth-order valence-electron chi connectivity index (χ4n) is 2.56. The molecule has 0 aromatic heterocycles. The third-order valence-electron chi connectivity index (χ3n) is 3.97. The van der Waals surface area contributed by atoms with Gasteiger partial charge < -0.3 is 19.9 Å². The number of benzene rings is 2. The van der Waals surface area contributed by atoms with Crippen LogP contribution in [-0.2, 0) is 16.0 Å². The van der Waals surface area contributed by atoms with Gasteiger partial charge in [-0.3, -0.25) is 4.79 Å². The highest BCUT2D eigenvalue weighted by atomic mass is 16.5. The molecule has 1 amide bonds. The number of carboxylic acid groups (broad SMARTS) is 1. The number of hydrogen-bond donors (Lipinski definition) is 2. The summed E-state index contributed by atoms with van der Waals surface area (Å²) in [6.45, 7) is 2.61. The van der Waals surface area contributed by atoms with E-state index in [0.29, 0.717) is 18.1 Å². The number of carbonyl (C=O) groups excluding carboxylic acids is 1. The number of methoxy groups -OCH3 is 1. The normalized spacial score (nSPS) is 11.8.